The van der Waals surface area contributed by atoms with E-state index in [9.17, 15) is 5.11 Å². The molecule has 1 N–H and O–H groups in total. The Morgan fingerprint density at radius 2 is 0.955 bits per heavy atom. The van der Waals surface area contributed by atoms with E-state index in [2.05, 4.69) is 0 Å². The molecule has 5 rings (SSSR count). The zero-order chi connectivity index (χ0) is 30.6. The van der Waals surface area contributed by atoms with Crippen molar-refractivity contribution in [2.24, 2.45) is 0 Å². The minimum Gasteiger partial charge on any atom is -0.497 e. The van der Waals surface area contributed by atoms with Crippen LogP contribution in [0.4, 0.5) is 0 Å². The summed E-state index contributed by atoms with van der Waals surface area (Å²) in [6, 6.07) is 35.1. The molecule has 5 atom stereocenters. The van der Waals surface area contributed by atoms with E-state index < -0.39 is 30.7 Å². The average Bonchev–Trinajstić information content (AvgIpc) is 3.08. The Kier molecular flexibility index (Phi) is 11.8. The number of methoxy groups -OCH3 is 2. The summed E-state index contributed by atoms with van der Waals surface area (Å²) in [6.45, 7) is 1.42. The molecule has 232 valence electrons. The molecule has 1 saturated heterocycles. The molecular weight excluding hydrogens is 560 g/mol. The molecule has 0 spiro atoms. The summed E-state index contributed by atoms with van der Waals surface area (Å²) in [5.41, 5.74) is 3.91. The van der Waals surface area contributed by atoms with Gasteiger partial charge in [-0.05, 0) is 46.5 Å². The van der Waals surface area contributed by atoms with Crippen molar-refractivity contribution in [1.29, 1.82) is 0 Å². The Morgan fingerprint density at radius 1 is 0.523 bits per heavy atom. The van der Waals surface area contributed by atoms with E-state index in [1.54, 1.807) is 14.2 Å². The summed E-state index contributed by atoms with van der Waals surface area (Å²) < 4.78 is 42.2. The highest BCUT2D eigenvalue weighted by atomic mass is 16.7. The second kappa shape index (κ2) is 16.4. The number of aliphatic hydroxyl groups excluding tert-OH is 1. The number of hydrogen-bond acceptors (Lipinski definition) is 8. The summed E-state index contributed by atoms with van der Waals surface area (Å²) in [4.78, 5) is 0. The predicted octanol–water partition coefficient (Wildman–Crippen LogP) is 5.69. The van der Waals surface area contributed by atoms with Crippen molar-refractivity contribution in [3.63, 3.8) is 0 Å². The van der Waals surface area contributed by atoms with Gasteiger partial charge in [0.05, 0.1) is 47.3 Å². The zero-order valence-corrected chi connectivity index (χ0v) is 25.1. The molecule has 0 aromatic heterocycles. The lowest BCUT2D eigenvalue weighted by Gasteiger charge is -2.44. The van der Waals surface area contributed by atoms with Crippen molar-refractivity contribution in [2.75, 3.05) is 20.8 Å². The molecule has 1 aliphatic rings. The first kappa shape index (κ1) is 31.7. The van der Waals surface area contributed by atoms with Crippen LogP contribution >= 0.6 is 0 Å². The number of rotatable bonds is 15. The van der Waals surface area contributed by atoms with E-state index in [4.69, 9.17) is 33.2 Å². The minimum absolute atomic E-state index is 0.188. The van der Waals surface area contributed by atoms with Crippen molar-refractivity contribution in [3.8, 4) is 11.5 Å². The lowest BCUT2D eigenvalue weighted by Crippen LogP contribution is -2.61. The van der Waals surface area contributed by atoms with Crippen LogP contribution in [0.5, 0.6) is 11.5 Å². The van der Waals surface area contributed by atoms with Gasteiger partial charge in [0, 0.05) is 0 Å². The Balaban J connectivity index is 1.37. The molecule has 0 amide bonds. The summed E-state index contributed by atoms with van der Waals surface area (Å²) in [5.74, 6) is 1.52. The van der Waals surface area contributed by atoms with Crippen LogP contribution in [0.1, 0.15) is 22.3 Å². The highest BCUT2D eigenvalue weighted by Gasteiger charge is 2.48. The average molecular weight is 601 g/mol. The first-order valence-electron chi connectivity index (χ1n) is 14.7. The van der Waals surface area contributed by atoms with Gasteiger partial charge in [-0.3, -0.25) is 0 Å². The molecule has 0 radical (unpaired) electrons. The van der Waals surface area contributed by atoms with E-state index in [1.165, 1.54) is 0 Å². The maximum absolute atomic E-state index is 11.3. The minimum atomic E-state index is -1.26. The quantitative estimate of drug-likeness (QED) is 0.186. The number of hydrogen-bond donors (Lipinski definition) is 1. The molecule has 8 nitrogen and oxygen atoms in total. The molecule has 0 bridgehead atoms. The van der Waals surface area contributed by atoms with Gasteiger partial charge < -0.3 is 38.3 Å². The molecule has 0 saturated carbocycles. The van der Waals surface area contributed by atoms with Crippen LogP contribution in [0.25, 0.3) is 0 Å². The van der Waals surface area contributed by atoms with Gasteiger partial charge in [-0.1, -0.05) is 84.9 Å². The summed E-state index contributed by atoms with van der Waals surface area (Å²) in [6.07, 6.45) is -3.99. The van der Waals surface area contributed by atoms with E-state index in [1.807, 2.05) is 109 Å². The molecule has 1 heterocycles. The molecule has 4 aromatic carbocycles. The fourth-order valence-electron chi connectivity index (χ4n) is 5.06. The van der Waals surface area contributed by atoms with Gasteiger partial charge in [-0.2, -0.15) is 0 Å². The number of ether oxygens (including phenoxy) is 7. The molecule has 8 heteroatoms. The molecule has 4 aromatic rings. The summed E-state index contributed by atoms with van der Waals surface area (Å²) >= 11 is 0. The highest BCUT2D eigenvalue weighted by molar-refractivity contribution is 5.27. The Bertz CT molecular complexity index is 1370. The fourth-order valence-corrected chi connectivity index (χ4v) is 5.06. The summed E-state index contributed by atoms with van der Waals surface area (Å²) in [7, 11) is 3.27. The van der Waals surface area contributed by atoms with Crippen LogP contribution in [0.3, 0.4) is 0 Å². The molecular formula is C36H40O8. The smallest absolute Gasteiger partial charge is 0.184 e. The van der Waals surface area contributed by atoms with Crippen LogP contribution in [0, 0.1) is 0 Å². The Morgan fingerprint density at radius 3 is 1.45 bits per heavy atom. The number of aliphatic hydroxyl groups is 1. The fraction of sp³-hybridized carbons (Fsp3) is 0.333. The van der Waals surface area contributed by atoms with Crippen molar-refractivity contribution >= 4 is 0 Å². The van der Waals surface area contributed by atoms with Gasteiger partial charge in [0.15, 0.2) is 6.29 Å². The molecule has 0 aliphatic carbocycles. The maximum atomic E-state index is 11.3. The lowest BCUT2D eigenvalue weighted by atomic mass is 9.98. The molecule has 1 fully saturated rings. The van der Waals surface area contributed by atoms with E-state index in [-0.39, 0.29) is 26.4 Å². The van der Waals surface area contributed by atoms with Crippen LogP contribution in [0.15, 0.2) is 109 Å². The largest absolute Gasteiger partial charge is 0.497 e. The lowest BCUT2D eigenvalue weighted by molar-refractivity contribution is -0.317. The van der Waals surface area contributed by atoms with Crippen molar-refractivity contribution in [3.05, 3.63) is 131 Å². The summed E-state index contributed by atoms with van der Waals surface area (Å²) in [5, 5.41) is 11.3. The Hall–Kier alpha value is -3.76. The van der Waals surface area contributed by atoms with Crippen LogP contribution in [0.2, 0.25) is 0 Å². The molecule has 0 unspecified atom stereocenters. The van der Waals surface area contributed by atoms with Gasteiger partial charge in [-0.15, -0.1) is 0 Å². The van der Waals surface area contributed by atoms with E-state index in [0.717, 1.165) is 33.8 Å². The van der Waals surface area contributed by atoms with Gasteiger partial charge in [0.1, 0.15) is 35.9 Å². The third-order valence-electron chi connectivity index (χ3n) is 7.49. The highest BCUT2D eigenvalue weighted by Crippen LogP contribution is 2.30. The van der Waals surface area contributed by atoms with Crippen LogP contribution in [-0.2, 0) is 50.1 Å². The van der Waals surface area contributed by atoms with Gasteiger partial charge in [0.25, 0.3) is 0 Å². The SMILES string of the molecule is COc1ccc(CO[C@@H]2[C@H](OCc3ccccc3)[C@@H](O)O[C@H](COCc3ccccc3)[C@H]2OCc2ccc(OC)cc2)cc1. The van der Waals surface area contributed by atoms with E-state index in [0.29, 0.717) is 6.61 Å². The predicted molar refractivity (Wildman–Crippen MR) is 165 cm³/mol. The monoisotopic (exact) mass is 600 g/mol. The molecule has 1 aliphatic heterocycles. The van der Waals surface area contributed by atoms with Gasteiger partial charge in [0.2, 0.25) is 0 Å². The Labute approximate surface area is 259 Å². The van der Waals surface area contributed by atoms with Crippen molar-refractivity contribution in [2.45, 2.75) is 57.1 Å². The second-order valence-corrected chi connectivity index (χ2v) is 10.6. The topological polar surface area (TPSA) is 84.8 Å². The third kappa shape index (κ3) is 8.89. The normalized spacial score (nSPS) is 21.6. The van der Waals surface area contributed by atoms with Gasteiger partial charge >= 0.3 is 0 Å². The van der Waals surface area contributed by atoms with Crippen LogP contribution in [-0.4, -0.2) is 56.6 Å². The first-order chi connectivity index (χ1) is 21.6. The van der Waals surface area contributed by atoms with Crippen molar-refractivity contribution < 1.29 is 38.3 Å². The van der Waals surface area contributed by atoms with E-state index >= 15 is 0 Å². The standard InChI is InChI=1S/C36H40O8/c1-38-30-17-13-28(14-18-30)23-41-33-32(25-40-21-26-9-5-3-6-10-26)44-36(37)35(43-22-27-11-7-4-8-12-27)34(33)42-24-29-15-19-31(39-2)20-16-29/h3-20,32-37H,21-25H2,1-2H3/t32-,33-,34+,35+,36+/m1/s1. The van der Waals surface area contributed by atoms with Gasteiger partial charge in [-0.25, -0.2) is 0 Å². The van der Waals surface area contributed by atoms with Crippen molar-refractivity contribution in [1.82, 2.24) is 0 Å². The molecule has 44 heavy (non-hydrogen) atoms. The maximum Gasteiger partial charge on any atom is 0.184 e. The number of benzene rings is 4. The zero-order valence-electron chi connectivity index (χ0n) is 25.1. The second-order valence-electron chi connectivity index (χ2n) is 10.6. The third-order valence-corrected chi connectivity index (χ3v) is 7.49. The van der Waals surface area contributed by atoms with Crippen LogP contribution < -0.4 is 9.47 Å². The first-order valence-corrected chi connectivity index (χ1v) is 14.7.